The molecule has 1 rings (SSSR count). The third-order valence-electron chi connectivity index (χ3n) is 3.08. The monoisotopic (exact) mass is 255 g/mol. The zero-order chi connectivity index (χ0) is 13.5. The predicted octanol–water partition coefficient (Wildman–Crippen LogP) is 1.40. The Morgan fingerprint density at radius 3 is 2.72 bits per heavy atom. The predicted molar refractivity (Wildman–Crippen MR) is 76.7 cm³/mol. The molecule has 0 saturated heterocycles. The molecule has 5 nitrogen and oxygen atoms in total. The van der Waals surface area contributed by atoms with E-state index in [9.17, 15) is 0 Å². The lowest BCUT2D eigenvalue weighted by atomic mass is 10.3. The minimum Gasteiger partial charge on any atom is -0.313 e. The van der Waals surface area contributed by atoms with E-state index in [2.05, 4.69) is 61.5 Å². The van der Waals surface area contributed by atoms with Crippen LogP contribution in [-0.4, -0.2) is 52.1 Å². The second kappa shape index (κ2) is 7.48. The number of rotatable bonds is 8. The molecule has 1 N–H and O–H groups in total. The number of nitrogens with one attached hydrogen (secondary N) is 1. The molecule has 0 aliphatic carbocycles. The van der Waals surface area contributed by atoms with E-state index < -0.39 is 0 Å². The molecular formula is C13H29N5. The van der Waals surface area contributed by atoms with Crippen molar-refractivity contribution in [2.45, 2.75) is 52.7 Å². The van der Waals surface area contributed by atoms with E-state index in [1.807, 2.05) is 4.68 Å². The first kappa shape index (κ1) is 15.1. The number of nitrogens with zero attached hydrogens (tertiary/aromatic N) is 4. The molecule has 0 aliphatic heterocycles. The van der Waals surface area contributed by atoms with Crippen molar-refractivity contribution in [3.05, 3.63) is 11.9 Å². The van der Waals surface area contributed by atoms with Gasteiger partial charge in [-0.1, -0.05) is 19.1 Å². The Morgan fingerprint density at radius 2 is 2.11 bits per heavy atom. The molecule has 0 saturated carbocycles. The van der Waals surface area contributed by atoms with E-state index in [1.165, 1.54) is 0 Å². The van der Waals surface area contributed by atoms with Crippen LogP contribution >= 0.6 is 0 Å². The number of hydrogen-bond donors (Lipinski definition) is 1. The van der Waals surface area contributed by atoms with Crippen LogP contribution in [0.25, 0.3) is 0 Å². The Balaban J connectivity index is 0.00000324. The topological polar surface area (TPSA) is 46.0 Å². The number of aromatic nitrogens is 3. The van der Waals surface area contributed by atoms with E-state index in [0.717, 1.165) is 31.7 Å². The van der Waals surface area contributed by atoms with Gasteiger partial charge in [-0.15, -0.1) is 5.10 Å². The van der Waals surface area contributed by atoms with Crippen molar-refractivity contribution in [1.82, 2.24) is 25.2 Å². The quantitative estimate of drug-likeness (QED) is 0.763. The van der Waals surface area contributed by atoms with E-state index in [-0.39, 0.29) is 1.43 Å². The molecule has 1 aromatic heterocycles. The fraction of sp³-hybridized carbons (Fsp3) is 0.846. The summed E-state index contributed by atoms with van der Waals surface area (Å²) in [6.45, 7) is 11.5. The lowest BCUT2D eigenvalue weighted by Gasteiger charge is -2.19. The highest BCUT2D eigenvalue weighted by atomic mass is 15.4. The average Bonchev–Trinajstić information content (AvgIpc) is 2.73. The molecule has 0 fully saturated rings. The van der Waals surface area contributed by atoms with Crippen LogP contribution in [0, 0.1) is 0 Å². The maximum Gasteiger partial charge on any atom is 0.0839 e. The first-order valence-electron chi connectivity index (χ1n) is 6.81. The van der Waals surface area contributed by atoms with Gasteiger partial charge in [-0.05, 0) is 20.9 Å². The number of likely N-dealkylation sites (N-methyl/N-ethyl adjacent to an activating group) is 1. The molecule has 18 heavy (non-hydrogen) atoms. The highest BCUT2D eigenvalue weighted by molar-refractivity contribution is 4.93. The molecule has 0 unspecified atom stereocenters. The van der Waals surface area contributed by atoms with Gasteiger partial charge in [0.15, 0.2) is 0 Å². The summed E-state index contributed by atoms with van der Waals surface area (Å²) in [4.78, 5) is 2.32. The molecule has 0 radical (unpaired) electrons. The summed E-state index contributed by atoms with van der Waals surface area (Å²) in [7, 11) is 2.14. The zero-order valence-electron chi connectivity index (χ0n) is 12.3. The Kier molecular flexibility index (Phi) is 6.29. The summed E-state index contributed by atoms with van der Waals surface area (Å²) >= 11 is 0. The summed E-state index contributed by atoms with van der Waals surface area (Å²) < 4.78 is 1.92. The summed E-state index contributed by atoms with van der Waals surface area (Å²) in [5, 5.41) is 11.7. The van der Waals surface area contributed by atoms with Crippen LogP contribution in [0.15, 0.2) is 6.20 Å². The number of hydrogen-bond acceptors (Lipinski definition) is 4. The van der Waals surface area contributed by atoms with Crippen molar-refractivity contribution in [2.24, 2.45) is 0 Å². The first-order chi connectivity index (χ1) is 8.49. The molecule has 0 bridgehead atoms. The lowest BCUT2D eigenvalue weighted by molar-refractivity contribution is 0.276. The van der Waals surface area contributed by atoms with Crippen LogP contribution in [0.5, 0.6) is 0 Å². The Hall–Kier alpha value is -0.940. The van der Waals surface area contributed by atoms with Crippen LogP contribution < -0.4 is 5.32 Å². The minimum absolute atomic E-state index is 0. The second-order valence-electron chi connectivity index (χ2n) is 5.41. The van der Waals surface area contributed by atoms with Crippen molar-refractivity contribution >= 4 is 0 Å². The van der Waals surface area contributed by atoms with Gasteiger partial charge in [0.2, 0.25) is 0 Å². The van der Waals surface area contributed by atoms with Crippen LogP contribution in [-0.2, 0) is 13.0 Å². The molecular weight excluding hydrogens is 226 g/mol. The lowest BCUT2D eigenvalue weighted by Crippen LogP contribution is -2.28. The molecule has 0 amide bonds. The molecule has 0 spiro atoms. The van der Waals surface area contributed by atoms with Crippen molar-refractivity contribution in [2.75, 3.05) is 20.1 Å². The standard InChI is InChI=1S/C13H27N5.H2/c1-11(2)14-7-9-18-10-13(15-16-18)6-8-17(5)12(3)4;/h10-12,14H,6-9H2,1-5H3;1H. The van der Waals surface area contributed by atoms with Gasteiger partial charge >= 0.3 is 0 Å². The summed E-state index contributed by atoms with van der Waals surface area (Å²) in [5.74, 6) is 0. The van der Waals surface area contributed by atoms with Gasteiger partial charge in [0.1, 0.15) is 0 Å². The normalized spacial score (nSPS) is 12.0. The van der Waals surface area contributed by atoms with Crippen LogP contribution in [0.2, 0.25) is 0 Å². The second-order valence-corrected chi connectivity index (χ2v) is 5.41. The van der Waals surface area contributed by atoms with Gasteiger partial charge in [0.05, 0.1) is 12.2 Å². The maximum atomic E-state index is 4.20. The molecule has 1 heterocycles. The summed E-state index contributed by atoms with van der Waals surface area (Å²) in [6.07, 6.45) is 3.02. The van der Waals surface area contributed by atoms with Gasteiger partial charge < -0.3 is 10.2 Å². The van der Waals surface area contributed by atoms with E-state index in [1.54, 1.807) is 0 Å². The zero-order valence-corrected chi connectivity index (χ0v) is 12.3. The molecule has 0 aromatic carbocycles. The maximum absolute atomic E-state index is 4.20. The van der Waals surface area contributed by atoms with Gasteiger partial charge in [-0.2, -0.15) is 0 Å². The Bertz CT molecular complexity index is 338. The van der Waals surface area contributed by atoms with Crippen LogP contribution in [0.1, 0.15) is 34.8 Å². The molecule has 0 aliphatic rings. The van der Waals surface area contributed by atoms with Crippen molar-refractivity contribution < 1.29 is 1.43 Å². The van der Waals surface area contributed by atoms with Gasteiger partial charge in [0, 0.05) is 39.2 Å². The van der Waals surface area contributed by atoms with Gasteiger partial charge in [0.25, 0.3) is 0 Å². The minimum atomic E-state index is 0. The summed E-state index contributed by atoms with van der Waals surface area (Å²) in [6, 6.07) is 1.10. The molecule has 5 heteroatoms. The summed E-state index contributed by atoms with van der Waals surface area (Å²) in [5.41, 5.74) is 1.08. The van der Waals surface area contributed by atoms with Gasteiger partial charge in [-0.3, -0.25) is 4.68 Å². The first-order valence-corrected chi connectivity index (χ1v) is 6.81. The third kappa shape index (κ3) is 5.60. The molecule has 0 atom stereocenters. The smallest absolute Gasteiger partial charge is 0.0839 e. The van der Waals surface area contributed by atoms with Gasteiger partial charge in [-0.25, -0.2) is 0 Å². The largest absolute Gasteiger partial charge is 0.313 e. The van der Waals surface area contributed by atoms with E-state index in [4.69, 9.17) is 0 Å². The van der Waals surface area contributed by atoms with Crippen LogP contribution in [0.3, 0.4) is 0 Å². The molecule has 106 valence electrons. The Labute approximate surface area is 112 Å². The highest BCUT2D eigenvalue weighted by Gasteiger charge is 2.06. The average molecular weight is 255 g/mol. The van der Waals surface area contributed by atoms with Crippen molar-refractivity contribution in [3.63, 3.8) is 0 Å². The SMILES string of the molecule is CC(C)NCCn1cc(CCN(C)C(C)C)nn1.[HH]. The van der Waals surface area contributed by atoms with Crippen molar-refractivity contribution in [1.29, 1.82) is 0 Å². The fourth-order valence-electron chi connectivity index (χ4n) is 1.58. The highest BCUT2D eigenvalue weighted by Crippen LogP contribution is 1.99. The van der Waals surface area contributed by atoms with Crippen molar-refractivity contribution in [3.8, 4) is 0 Å². The van der Waals surface area contributed by atoms with E-state index >= 15 is 0 Å². The Morgan fingerprint density at radius 1 is 1.39 bits per heavy atom. The molecule has 1 aromatic rings. The van der Waals surface area contributed by atoms with Crippen LogP contribution in [0.4, 0.5) is 0 Å². The van der Waals surface area contributed by atoms with E-state index in [0.29, 0.717) is 12.1 Å². The third-order valence-corrected chi connectivity index (χ3v) is 3.08. The fourth-order valence-corrected chi connectivity index (χ4v) is 1.58.